The minimum Gasteiger partial charge on any atom is -0.359 e. The SMILES string of the molecule is Cc1cc([C@@H]2CCCN2C(=O)NCc2ccc(F)c(C)c2)on1. The van der Waals surface area contributed by atoms with Crippen molar-refractivity contribution in [3.63, 3.8) is 0 Å². The third-order valence-corrected chi connectivity index (χ3v) is 4.15. The molecule has 0 spiro atoms. The fraction of sp³-hybridized carbons (Fsp3) is 0.412. The maximum atomic E-state index is 13.3. The Balaban J connectivity index is 1.64. The second kappa shape index (κ2) is 6.40. The molecule has 1 atom stereocenters. The number of benzene rings is 1. The quantitative estimate of drug-likeness (QED) is 0.943. The molecular formula is C17H20FN3O2. The Bertz CT molecular complexity index is 714. The Morgan fingerprint density at radius 3 is 2.96 bits per heavy atom. The standard InChI is InChI=1S/C17H20FN3O2/c1-11-8-13(5-6-14(11)18)10-19-17(22)21-7-3-4-15(21)16-9-12(2)20-23-16/h5-6,8-9,15H,3-4,7,10H2,1-2H3,(H,19,22)/t15-/m0/s1. The van der Waals surface area contributed by atoms with E-state index in [0.717, 1.165) is 29.9 Å². The molecule has 0 bridgehead atoms. The van der Waals surface area contributed by atoms with Gasteiger partial charge in [-0.3, -0.25) is 0 Å². The number of carbonyl (C=O) groups is 1. The first-order valence-corrected chi connectivity index (χ1v) is 7.77. The highest BCUT2D eigenvalue weighted by Crippen LogP contribution is 2.32. The molecule has 6 heteroatoms. The summed E-state index contributed by atoms with van der Waals surface area (Å²) in [6, 6.07) is 6.53. The van der Waals surface area contributed by atoms with Crippen molar-refractivity contribution >= 4 is 6.03 Å². The molecule has 2 amide bonds. The Hall–Kier alpha value is -2.37. The van der Waals surface area contributed by atoms with Crippen LogP contribution in [-0.4, -0.2) is 22.6 Å². The van der Waals surface area contributed by atoms with Crippen molar-refractivity contribution in [2.45, 2.75) is 39.3 Å². The van der Waals surface area contributed by atoms with Crippen molar-refractivity contribution in [1.29, 1.82) is 0 Å². The van der Waals surface area contributed by atoms with Crippen LogP contribution >= 0.6 is 0 Å². The molecular weight excluding hydrogens is 297 g/mol. The summed E-state index contributed by atoms with van der Waals surface area (Å²) >= 11 is 0. The molecule has 0 aliphatic carbocycles. The lowest BCUT2D eigenvalue weighted by Gasteiger charge is -2.23. The summed E-state index contributed by atoms with van der Waals surface area (Å²) in [6.45, 7) is 4.64. The number of amides is 2. The first-order valence-electron chi connectivity index (χ1n) is 7.77. The van der Waals surface area contributed by atoms with Crippen LogP contribution in [0.4, 0.5) is 9.18 Å². The lowest BCUT2D eigenvalue weighted by molar-refractivity contribution is 0.182. The van der Waals surface area contributed by atoms with Gasteiger partial charge >= 0.3 is 6.03 Å². The summed E-state index contributed by atoms with van der Waals surface area (Å²) in [4.78, 5) is 14.2. The largest absolute Gasteiger partial charge is 0.359 e. The third-order valence-electron chi connectivity index (χ3n) is 4.15. The molecule has 1 aromatic heterocycles. The number of rotatable bonds is 3. The van der Waals surface area contributed by atoms with Crippen LogP contribution < -0.4 is 5.32 Å². The predicted molar refractivity (Wildman–Crippen MR) is 83.3 cm³/mol. The fourth-order valence-corrected chi connectivity index (χ4v) is 2.94. The van der Waals surface area contributed by atoms with E-state index in [0.29, 0.717) is 18.7 Å². The van der Waals surface area contributed by atoms with Crippen LogP contribution in [-0.2, 0) is 6.54 Å². The van der Waals surface area contributed by atoms with Gasteiger partial charge in [-0.2, -0.15) is 0 Å². The summed E-state index contributed by atoms with van der Waals surface area (Å²) in [5.74, 6) is 0.494. The van der Waals surface area contributed by atoms with E-state index < -0.39 is 0 Å². The van der Waals surface area contributed by atoms with Gasteiger partial charge in [0.15, 0.2) is 5.76 Å². The zero-order valence-electron chi connectivity index (χ0n) is 13.3. The molecule has 0 unspecified atom stereocenters. The summed E-state index contributed by atoms with van der Waals surface area (Å²) in [5.41, 5.74) is 2.27. The first kappa shape index (κ1) is 15.5. The number of urea groups is 1. The molecule has 122 valence electrons. The molecule has 1 N–H and O–H groups in total. The molecule has 2 aromatic rings. The maximum absolute atomic E-state index is 13.3. The number of nitrogens with zero attached hydrogens (tertiary/aromatic N) is 2. The monoisotopic (exact) mass is 317 g/mol. The first-order chi connectivity index (χ1) is 11.0. The minimum atomic E-state index is -0.236. The predicted octanol–water partition coefficient (Wildman–Crippen LogP) is 3.48. The molecule has 1 aromatic carbocycles. The number of halogens is 1. The van der Waals surface area contributed by atoms with Crippen LogP contribution in [0, 0.1) is 19.7 Å². The van der Waals surface area contributed by atoms with Crippen LogP contribution in [0.5, 0.6) is 0 Å². The highest BCUT2D eigenvalue weighted by atomic mass is 19.1. The van der Waals surface area contributed by atoms with Gasteiger partial charge < -0.3 is 14.7 Å². The molecule has 0 saturated carbocycles. The van der Waals surface area contributed by atoms with Crippen molar-refractivity contribution in [2.24, 2.45) is 0 Å². The van der Waals surface area contributed by atoms with Gasteiger partial charge in [-0.05, 0) is 43.9 Å². The van der Waals surface area contributed by atoms with E-state index in [2.05, 4.69) is 10.5 Å². The smallest absolute Gasteiger partial charge is 0.318 e. The number of hydrogen-bond acceptors (Lipinski definition) is 3. The van der Waals surface area contributed by atoms with Crippen molar-refractivity contribution < 1.29 is 13.7 Å². The average molecular weight is 317 g/mol. The van der Waals surface area contributed by atoms with Crippen molar-refractivity contribution in [2.75, 3.05) is 6.54 Å². The van der Waals surface area contributed by atoms with Crippen LogP contribution in [0.25, 0.3) is 0 Å². The van der Waals surface area contributed by atoms with E-state index in [1.807, 2.05) is 13.0 Å². The van der Waals surface area contributed by atoms with Gasteiger partial charge in [-0.1, -0.05) is 17.3 Å². The lowest BCUT2D eigenvalue weighted by Crippen LogP contribution is -2.39. The molecule has 3 rings (SSSR count). The van der Waals surface area contributed by atoms with E-state index >= 15 is 0 Å². The molecule has 23 heavy (non-hydrogen) atoms. The molecule has 0 radical (unpaired) electrons. The fourth-order valence-electron chi connectivity index (χ4n) is 2.94. The molecule has 1 aliphatic rings. The van der Waals surface area contributed by atoms with Gasteiger partial charge in [0, 0.05) is 19.2 Å². The third kappa shape index (κ3) is 3.36. The van der Waals surface area contributed by atoms with Crippen LogP contribution in [0.1, 0.15) is 41.5 Å². The van der Waals surface area contributed by atoms with Gasteiger partial charge in [0.05, 0.1) is 11.7 Å². The minimum absolute atomic E-state index is 0.0637. The van der Waals surface area contributed by atoms with Crippen LogP contribution in [0.3, 0.4) is 0 Å². The van der Waals surface area contributed by atoms with Crippen molar-refractivity contribution in [1.82, 2.24) is 15.4 Å². The zero-order chi connectivity index (χ0) is 16.4. The molecule has 1 fully saturated rings. The Morgan fingerprint density at radius 2 is 2.26 bits per heavy atom. The van der Waals surface area contributed by atoms with E-state index in [1.54, 1.807) is 24.0 Å². The number of aromatic nitrogens is 1. The summed E-state index contributed by atoms with van der Waals surface area (Å²) in [5, 5.41) is 6.79. The summed E-state index contributed by atoms with van der Waals surface area (Å²) in [6.07, 6.45) is 1.81. The lowest BCUT2D eigenvalue weighted by atomic mass is 10.1. The Kier molecular flexibility index (Phi) is 4.32. The summed E-state index contributed by atoms with van der Waals surface area (Å²) < 4.78 is 18.6. The second-order valence-electron chi connectivity index (χ2n) is 5.96. The number of hydrogen-bond donors (Lipinski definition) is 1. The average Bonchev–Trinajstić information content (AvgIpc) is 3.16. The van der Waals surface area contributed by atoms with Gasteiger partial charge in [0.25, 0.3) is 0 Å². The van der Waals surface area contributed by atoms with Gasteiger partial charge in [0.1, 0.15) is 5.82 Å². The zero-order valence-corrected chi connectivity index (χ0v) is 13.3. The normalized spacial score (nSPS) is 17.5. The van der Waals surface area contributed by atoms with Crippen molar-refractivity contribution in [3.8, 4) is 0 Å². The molecule has 1 aliphatic heterocycles. The van der Waals surface area contributed by atoms with E-state index in [4.69, 9.17) is 4.52 Å². The van der Waals surface area contributed by atoms with Crippen LogP contribution in [0.2, 0.25) is 0 Å². The van der Waals surface area contributed by atoms with E-state index in [9.17, 15) is 9.18 Å². The second-order valence-corrected chi connectivity index (χ2v) is 5.96. The maximum Gasteiger partial charge on any atom is 0.318 e. The van der Waals surface area contributed by atoms with Crippen molar-refractivity contribution in [3.05, 3.63) is 52.7 Å². The molecule has 2 heterocycles. The van der Waals surface area contributed by atoms with Crippen LogP contribution in [0.15, 0.2) is 28.8 Å². The molecule has 1 saturated heterocycles. The Morgan fingerprint density at radius 1 is 1.43 bits per heavy atom. The van der Waals surface area contributed by atoms with E-state index in [1.165, 1.54) is 6.07 Å². The Labute approximate surface area is 134 Å². The highest BCUT2D eigenvalue weighted by molar-refractivity contribution is 5.75. The van der Waals surface area contributed by atoms with Gasteiger partial charge in [0.2, 0.25) is 0 Å². The number of aryl methyl sites for hydroxylation is 2. The number of likely N-dealkylation sites (tertiary alicyclic amines) is 1. The van der Waals surface area contributed by atoms with Gasteiger partial charge in [-0.15, -0.1) is 0 Å². The number of carbonyl (C=O) groups excluding carboxylic acids is 1. The van der Waals surface area contributed by atoms with Gasteiger partial charge in [-0.25, -0.2) is 9.18 Å². The van der Waals surface area contributed by atoms with E-state index in [-0.39, 0.29) is 17.9 Å². The topological polar surface area (TPSA) is 58.4 Å². The number of nitrogens with one attached hydrogen (secondary N) is 1. The highest BCUT2D eigenvalue weighted by Gasteiger charge is 2.32. The molecule has 5 nitrogen and oxygen atoms in total. The summed E-state index contributed by atoms with van der Waals surface area (Å²) in [7, 11) is 0.